The van der Waals surface area contributed by atoms with Gasteiger partial charge in [0.1, 0.15) is 5.82 Å². The van der Waals surface area contributed by atoms with E-state index in [1.807, 2.05) is 60.7 Å². The van der Waals surface area contributed by atoms with Crippen LogP contribution < -0.4 is 10.4 Å². The van der Waals surface area contributed by atoms with Gasteiger partial charge in [0.2, 0.25) is 0 Å². The molecule has 1 amide bonds. The first-order chi connectivity index (χ1) is 12.2. The van der Waals surface area contributed by atoms with E-state index in [0.717, 1.165) is 16.9 Å². The highest BCUT2D eigenvalue weighted by molar-refractivity contribution is 5.93. The summed E-state index contributed by atoms with van der Waals surface area (Å²) in [5, 5.41) is 1.72. The van der Waals surface area contributed by atoms with Gasteiger partial charge in [-0.3, -0.25) is 15.2 Å². The second kappa shape index (κ2) is 7.93. The molecule has 0 spiro atoms. The molecule has 0 aliphatic heterocycles. The molecule has 4 heteroatoms. The van der Waals surface area contributed by atoms with Crippen molar-refractivity contribution in [3.05, 3.63) is 102 Å². The fraction of sp³-hybridized carbons (Fsp3) is 0. The molecule has 0 radical (unpaired) electrons. The lowest BCUT2D eigenvalue weighted by molar-refractivity contribution is -0.116. The van der Waals surface area contributed by atoms with E-state index in [9.17, 15) is 9.18 Å². The van der Waals surface area contributed by atoms with Crippen molar-refractivity contribution in [2.45, 2.75) is 0 Å². The zero-order chi connectivity index (χ0) is 17.5. The predicted molar refractivity (Wildman–Crippen MR) is 98.6 cm³/mol. The Morgan fingerprint density at radius 1 is 0.800 bits per heavy atom. The Kier molecular flexibility index (Phi) is 5.22. The first kappa shape index (κ1) is 16.5. The molecule has 0 saturated heterocycles. The number of hydrogen-bond acceptors (Lipinski definition) is 2. The third-order valence-electron chi connectivity index (χ3n) is 3.55. The minimum Gasteiger partial charge on any atom is -0.268 e. The van der Waals surface area contributed by atoms with Crippen LogP contribution in [0.3, 0.4) is 0 Å². The lowest BCUT2D eigenvalue weighted by atomic mass is 10.2. The van der Waals surface area contributed by atoms with E-state index in [1.54, 1.807) is 23.2 Å². The maximum absolute atomic E-state index is 12.9. The molecule has 3 rings (SSSR count). The molecule has 0 aliphatic rings. The first-order valence-corrected chi connectivity index (χ1v) is 7.87. The number of carbonyl (C=O) groups excluding carboxylic acids is 1. The normalized spacial score (nSPS) is 10.6. The van der Waals surface area contributed by atoms with Gasteiger partial charge in [-0.15, -0.1) is 0 Å². The summed E-state index contributed by atoms with van der Waals surface area (Å²) in [4.78, 5) is 12.3. The van der Waals surface area contributed by atoms with Crippen LogP contribution in [0, 0.1) is 5.82 Å². The van der Waals surface area contributed by atoms with Crippen molar-refractivity contribution in [2.24, 2.45) is 0 Å². The molecule has 3 aromatic carbocycles. The van der Waals surface area contributed by atoms with Crippen LogP contribution in [0.4, 0.5) is 15.8 Å². The highest BCUT2D eigenvalue weighted by atomic mass is 19.1. The average molecular weight is 332 g/mol. The molecule has 0 unspecified atom stereocenters. The van der Waals surface area contributed by atoms with Gasteiger partial charge in [0.25, 0.3) is 5.91 Å². The fourth-order valence-electron chi connectivity index (χ4n) is 2.33. The van der Waals surface area contributed by atoms with E-state index in [-0.39, 0.29) is 11.7 Å². The molecule has 0 fully saturated rings. The van der Waals surface area contributed by atoms with E-state index in [4.69, 9.17) is 0 Å². The van der Waals surface area contributed by atoms with Crippen LogP contribution in [0.25, 0.3) is 6.08 Å². The molecule has 124 valence electrons. The smallest absolute Gasteiger partial charge is 0.262 e. The summed E-state index contributed by atoms with van der Waals surface area (Å²) in [5.41, 5.74) is 5.31. The Morgan fingerprint density at radius 3 is 1.84 bits per heavy atom. The van der Waals surface area contributed by atoms with E-state index in [0.29, 0.717) is 0 Å². The Bertz CT molecular complexity index is 807. The van der Waals surface area contributed by atoms with Gasteiger partial charge in [-0.1, -0.05) is 48.5 Å². The number of amides is 1. The molecule has 3 aromatic rings. The number of rotatable bonds is 5. The average Bonchev–Trinajstić information content (AvgIpc) is 2.67. The minimum absolute atomic E-state index is 0.281. The number of nitrogens with zero attached hydrogens (tertiary/aromatic N) is 1. The number of halogens is 1. The summed E-state index contributed by atoms with van der Waals surface area (Å²) in [5.74, 6) is -0.585. The van der Waals surface area contributed by atoms with E-state index in [2.05, 4.69) is 5.43 Å². The summed E-state index contributed by atoms with van der Waals surface area (Å²) in [7, 11) is 0. The van der Waals surface area contributed by atoms with Crippen LogP contribution in [0.15, 0.2) is 91.0 Å². The van der Waals surface area contributed by atoms with Gasteiger partial charge in [0, 0.05) is 6.08 Å². The lowest BCUT2D eigenvalue weighted by Gasteiger charge is -2.24. The van der Waals surface area contributed by atoms with Gasteiger partial charge < -0.3 is 0 Å². The Morgan fingerprint density at radius 2 is 1.32 bits per heavy atom. The largest absolute Gasteiger partial charge is 0.268 e. The number of carbonyl (C=O) groups is 1. The van der Waals surface area contributed by atoms with Crippen LogP contribution >= 0.6 is 0 Å². The molecule has 0 bridgehead atoms. The molecule has 0 aliphatic carbocycles. The summed E-state index contributed by atoms with van der Waals surface area (Å²) in [6, 6.07) is 25.1. The second-order valence-electron chi connectivity index (χ2n) is 5.37. The number of para-hydroxylation sites is 2. The minimum atomic E-state index is -0.305. The highest BCUT2D eigenvalue weighted by Crippen LogP contribution is 2.22. The number of hydrogen-bond donors (Lipinski definition) is 1. The van der Waals surface area contributed by atoms with Gasteiger partial charge in [0.15, 0.2) is 0 Å². The SMILES string of the molecule is O=C(/C=C/c1ccc(F)cc1)NN(c1ccccc1)c1ccccc1. The topological polar surface area (TPSA) is 32.3 Å². The second-order valence-corrected chi connectivity index (χ2v) is 5.37. The van der Waals surface area contributed by atoms with Crippen LogP contribution in [0.1, 0.15) is 5.56 Å². The van der Waals surface area contributed by atoms with Crippen molar-refractivity contribution in [1.82, 2.24) is 5.43 Å². The van der Waals surface area contributed by atoms with Crippen molar-refractivity contribution in [2.75, 3.05) is 5.01 Å². The van der Waals surface area contributed by atoms with Crippen molar-refractivity contribution < 1.29 is 9.18 Å². The van der Waals surface area contributed by atoms with E-state index >= 15 is 0 Å². The van der Waals surface area contributed by atoms with Gasteiger partial charge in [-0.2, -0.15) is 0 Å². The van der Waals surface area contributed by atoms with Crippen LogP contribution in [-0.2, 0) is 4.79 Å². The number of anilines is 2. The first-order valence-electron chi connectivity index (χ1n) is 7.87. The summed E-state index contributed by atoms with van der Waals surface area (Å²) < 4.78 is 12.9. The van der Waals surface area contributed by atoms with Gasteiger partial charge in [-0.25, -0.2) is 4.39 Å². The molecular formula is C21H17FN2O. The van der Waals surface area contributed by atoms with Crippen molar-refractivity contribution >= 4 is 23.4 Å². The molecule has 1 N–H and O–H groups in total. The van der Waals surface area contributed by atoms with Crippen LogP contribution in [-0.4, -0.2) is 5.91 Å². The molecule has 0 saturated carbocycles. The fourth-order valence-corrected chi connectivity index (χ4v) is 2.33. The Balaban J connectivity index is 1.78. The quantitative estimate of drug-likeness (QED) is 0.542. The molecule has 0 atom stereocenters. The van der Waals surface area contributed by atoms with Gasteiger partial charge >= 0.3 is 0 Å². The highest BCUT2D eigenvalue weighted by Gasteiger charge is 2.10. The van der Waals surface area contributed by atoms with Gasteiger partial charge in [0.05, 0.1) is 11.4 Å². The zero-order valence-corrected chi connectivity index (χ0v) is 13.5. The molecule has 3 nitrogen and oxygen atoms in total. The summed E-state index contributed by atoms with van der Waals surface area (Å²) >= 11 is 0. The molecular weight excluding hydrogens is 315 g/mol. The van der Waals surface area contributed by atoms with Crippen molar-refractivity contribution in [3.63, 3.8) is 0 Å². The number of benzene rings is 3. The van der Waals surface area contributed by atoms with Crippen molar-refractivity contribution in [1.29, 1.82) is 0 Å². The van der Waals surface area contributed by atoms with Crippen LogP contribution in [0.5, 0.6) is 0 Å². The maximum atomic E-state index is 12.9. The third kappa shape index (κ3) is 4.54. The zero-order valence-electron chi connectivity index (χ0n) is 13.5. The molecule has 25 heavy (non-hydrogen) atoms. The maximum Gasteiger partial charge on any atom is 0.262 e. The van der Waals surface area contributed by atoms with E-state index in [1.165, 1.54) is 18.2 Å². The summed E-state index contributed by atoms with van der Waals surface area (Å²) in [6.07, 6.45) is 3.06. The summed E-state index contributed by atoms with van der Waals surface area (Å²) in [6.45, 7) is 0. The molecule has 0 heterocycles. The predicted octanol–water partition coefficient (Wildman–Crippen LogP) is 4.71. The monoisotopic (exact) mass is 332 g/mol. The van der Waals surface area contributed by atoms with Crippen LogP contribution in [0.2, 0.25) is 0 Å². The number of hydrazine groups is 1. The Hall–Kier alpha value is -3.40. The van der Waals surface area contributed by atoms with Crippen molar-refractivity contribution in [3.8, 4) is 0 Å². The van der Waals surface area contributed by atoms with Gasteiger partial charge in [-0.05, 0) is 48.0 Å². The molecule has 0 aromatic heterocycles. The third-order valence-corrected chi connectivity index (χ3v) is 3.55. The lowest BCUT2D eigenvalue weighted by Crippen LogP contribution is -2.37. The Labute approximate surface area is 146 Å². The number of nitrogens with one attached hydrogen (secondary N) is 1. The van der Waals surface area contributed by atoms with E-state index < -0.39 is 0 Å². The standard InChI is InChI=1S/C21H17FN2O/c22-18-14-11-17(12-15-18)13-16-21(25)23-24(19-7-3-1-4-8-19)20-9-5-2-6-10-20/h1-16H,(H,23,25)/b16-13+.